The zero-order valence-corrected chi connectivity index (χ0v) is 15.1. The van der Waals surface area contributed by atoms with Crippen LogP contribution in [0.3, 0.4) is 0 Å². The molecule has 0 unspecified atom stereocenters. The van der Waals surface area contributed by atoms with Gasteiger partial charge in [0, 0.05) is 5.56 Å². The lowest BCUT2D eigenvalue weighted by molar-refractivity contribution is 0.0999. The van der Waals surface area contributed by atoms with E-state index in [1.165, 1.54) is 4.90 Å². The molecule has 1 amide bonds. The lowest BCUT2D eigenvalue weighted by atomic mass is 10.1. The summed E-state index contributed by atoms with van der Waals surface area (Å²) >= 11 is 1.15. The molecule has 0 atom stereocenters. The van der Waals surface area contributed by atoms with Gasteiger partial charge in [0.25, 0.3) is 5.91 Å². The Hall–Kier alpha value is -2.97. The molecule has 0 aliphatic rings. The van der Waals surface area contributed by atoms with Crippen molar-refractivity contribution in [1.29, 1.82) is 0 Å². The average molecular weight is 371 g/mol. The zero-order valence-electron chi connectivity index (χ0n) is 14.2. The Morgan fingerprint density at radius 2 is 1.58 bits per heavy atom. The van der Waals surface area contributed by atoms with Crippen molar-refractivity contribution in [3.63, 3.8) is 0 Å². The molecule has 2 aromatic carbocycles. The van der Waals surface area contributed by atoms with Crippen molar-refractivity contribution >= 4 is 28.1 Å². The predicted octanol–water partition coefficient (Wildman–Crippen LogP) is 3.03. The van der Waals surface area contributed by atoms with Gasteiger partial charge in [0.1, 0.15) is 16.5 Å². The van der Waals surface area contributed by atoms with Gasteiger partial charge in [-0.2, -0.15) is 0 Å². The fourth-order valence-corrected chi connectivity index (χ4v) is 3.03. The summed E-state index contributed by atoms with van der Waals surface area (Å²) in [5, 5.41) is 18.0. The number of hydrogen-bond acceptors (Lipinski definition) is 7. The third-order valence-corrected chi connectivity index (χ3v) is 4.55. The Morgan fingerprint density at radius 1 is 1.00 bits per heavy atom. The third-order valence-electron chi connectivity index (χ3n) is 3.65. The van der Waals surface area contributed by atoms with Crippen LogP contribution >= 0.6 is 11.3 Å². The van der Waals surface area contributed by atoms with E-state index in [4.69, 9.17) is 9.47 Å². The fourth-order valence-electron chi connectivity index (χ4n) is 2.31. The minimum Gasteiger partial charge on any atom is -0.497 e. The van der Waals surface area contributed by atoms with Crippen molar-refractivity contribution in [3.05, 3.63) is 59.1 Å². The predicted molar refractivity (Wildman–Crippen MR) is 98.3 cm³/mol. The molecule has 134 valence electrons. The molecule has 8 heteroatoms. The molecular weight excluding hydrogens is 354 g/mol. The smallest absolute Gasteiger partial charge is 0.264 e. The minimum atomic E-state index is -0.265. The van der Waals surface area contributed by atoms with Crippen molar-refractivity contribution in [2.24, 2.45) is 0 Å². The molecular formula is C18H17N3O4S. The second-order valence-electron chi connectivity index (χ2n) is 5.20. The Kier molecular flexibility index (Phi) is 5.45. The lowest BCUT2D eigenvalue weighted by Crippen LogP contribution is -2.25. The van der Waals surface area contributed by atoms with Crippen molar-refractivity contribution in [2.45, 2.75) is 6.61 Å². The molecule has 1 aromatic heterocycles. The van der Waals surface area contributed by atoms with E-state index in [0.717, 1.165) is 11.3 Å². The van der Waals surface area contributed by atoms with Crippen molar-refractivity contribution < 1.29 is 19.4 Å². The van der Waals surface area contributed by atoms with Crippen molar-refractivity contribution in [2.75, 3.05) is 19.1 Å². The van der Waals surface area contributed by atoms with Crippen LogP contribution in [-0.4, -0.2) is 35.4 Å². The van der Waals surface area contributed by atoms with Gasteiger partial charge in [-0.3, -0.25) is 9.69 Å². The number of hydrogen-bond donors (Lipinski definition) is 1. The molecule has 0 spiro atoms. The average Bonchev–Trinajstić information content (AvgIpc) is 3.17. The Morgan fingerprint density at radius 3 is 2.08 bits per heavy atom. The number of amides is 1. The largest absolute Gasteiger partial charge is 0.497 e. The van der Waals surface area contributed by atoms with Gasteiger partial charge in [-0.1, -0.05) is 11.3 Å². The van der Waals surface area contributed by atoms with Crippen LogP contribution in [0.15, 0.2) is 48.5 Å². The molecule has 3 rings (SSSR count). The van der Waals surface area contributed by atoms with E-state index in [-0.39, 0.29) is 12.5 Å². The third kappa shape index (κ3) is 3.66. The maximum atomic E-state index is 13.1. The van der Waals surface area contributed by atoms with Crippen LogP contribution in [0.25, 0.3) is 0 Å². The van der Waals surface area contributed by atoms with Crippen LogP contribution < -0.4 is 14.4 Å². The van der Waals surface area contributed by atoms with Crippen molar-refractivity contribution in [1.82, 2.24) is 10.2 Å². The van der Waals surface area contributed by atoms with Gasteiger partial charge in [0.2, 0.25) is 5.13 Å². The number of nitrogens with zero attached hydrogens (tertiary/aromatic N) is 3. The van der Waals surface area contributed by atoms with Gasteiger partial charge in [0.15, 0.2) is 0 Å². The highest BCUT2D eigenvalue weighted by atomic mass is 32.1. The summed E-state index contributed by atoms with van der Waals surface area (Å²) < 4.78 is 10.3. The van der Waals surface area contributed by atoms with Crippen LogP contribution in [0.1, 0.15) is 15.4 Å². The van der Waals surface area contributed by atoms with Gasteiger partial charge in [-0.05, 0) is 48.5 Å². The van der Waals surface area contributed by atoms with E-state index in [1.807, 2.05) is 0 Å². The van der Waals surface area contributed by atoms with Crippen LogP contribution in [0.2, 0.25) is 0 Å². The number of ether oxygens (including phenoxy) is 2. The number of carbonyl (C=O) groups is 1. The van der Waals surface area contributed by atoms with Crippen LogP contribution in [0.4, 0.5) is 10.8 Å². The number of benzene rings is 2. The molecule has 7 nitrogen and oxygen atoms in total. The zero-order chi connectivity index (χ0) is 18.5. The number of aliphatic hydroxyl groups is 1. The SMILES string of the molecule is COc1ccc(C(=O)N(c2ccc(OC)cc2)c2nnc(CO)s2)cc1. The first kappa shape index (κ1) is 17.8. The van der Waals surface area contributed by atoms with E-state index in [9.17, 15) is 9.90 Å². The second-order valence-corrected chi connectivity index (χ2v) is 6.24. The number of aliphatic hydroxyl groups excluding tert-OH is 1. The summed E-state index contributed by atoms with van der Waals surface area (Å²) in [7, 11) is 3.14. The normalized spacial score (nSPS) is 10.4. The Bertz CT molecular complexity index is 878. The highest BCUT2D eigenvalue weighted by molar-refractivity contribution is 7.15. The number of aromatic nitrogens is 2. The number of anilines is 2. The summed E-state index contributed by atoms with van der Waals surface area (Å²) in [5.74, 6) is 1.08. The molecule has 1 heterocycles. The monoisotopic (exact) mass is 371 g/mol. The first-order chi connectivity index (χ1) is 12.7. The summed E-state index contributed by atoms with van der Waals surface area (Å²) in [6, 6.07) is 13.9. The molecule has 0 saturated carbocycles. The molecule has 26 heavy (non-hydrogen) atoms. The van der Waals surface area contributed by atoms with Gasteiger partial charge >= 0.3 is 0 Å². The molecule has 1 N–H and O–H groups in total. The minimum absolute atomic E-state index is 0.231. The highest BCUT2D eigenvalue weighted by Gasteiger charge is 2.23. The molecule has 0 saturated heterocycles. The van der Waals surface area contributed by atoms with Crippen molar-refractivity contribution in [3.8, 4) is 11.5 Å². The standard InChI is InChI=1S/C18H17N3O4S/c1-24-14-7-3-12(4-8-14)17(23)21(18-20-19-16(11-22)26-18)13-5-9-15(25-2)10-6-13/h3-10,22H,11H2,1-2H3. The maximum absolute atomic E-state index is 13.1. The molecule has 0 aliphatic heterocycles. The van der Waals surface area contributed by atoms with E-state index < -0.39 is 0 Å². The second kappa shape index (κ2) is 7.94. The lowest BCUT2D eigenvalue weighted by Gasteiger charge is -2.20. The Labute approximate surface area is 154 Å². The summed E-state index contributed by atoms with van der Waals surface area (Å²) in [5.41, 5.74) is 1.09. The first-order valence-electron chi connectivity index (χ1n) is 7.72. The molecule has 3 aromatic rings. The van der Waals surface area contributed by atoms with E-state index >= 15 is 0 Å². The summed E-state index contributed by atoms with van der Waals surface area (Å²) in [4.78, 5) is 14.6. The molecule has 0 radical (unpaired) electrons. The summed E-state index contributed by atoms with van der Waals surface area (Å²) in [6.07, 6.45) is 0. The highest BCUT2D eigenvalue weighted by Crippen LogP contribution is 2.31. The van der Waals surface area contributed by atoms with Gasteiger partial charge < -0.3 is 14.6 Å². The molecule has 0 bridgehead atoms. The van der Waals surface area contributed by atoms with Gasteiger partial charge in [0.05, 0.1) is 26.5 Å². The topological polar surface area (TPSA) is 84.8 Å². The van der Waals surface area contributed by atoms with Crippen LogP contribution in [0, 0.1) is 0 Å². The quantitative estimate of drug-likeness (QED) is 0.717. The van der Waals surface area contributed by atoms with Gasteiger partial charge in [-0.25, -0.2) is 0 Å². The number of methoxy groups -OCH3 is 2. The maximum Gasteiger partial charge on any atom is 0.264 e. The van der Waals surface area contributed by atoms with E-state index in [0.29, 0.717) is 32.9 Å². The fraction of sp³-hybridized carbons (Fsp3) is 0.167. The molecule has 0 fully saturated rings. The Balaban J connectivity index is 2.01. The first-order valence-corrected chi connectivity index (χ1v) is 8.53. The summed E-state index contributed by atoms with van der Waals surface area (Å²) in [6.45, 7) is -0.231. The number of carbonyl (C=O) groups excluding carboxylic acids is 1. The van der Waals surface area contributed by atoms with Crippen LogP contribution in [-0.2, 0) is 6.61 Å². The molecule has 0 aliphatic carbocycles. The number of rotatable bonds is 6. The van der Waals surface area contributed by atoms with E-state index in [2.05, 4.69) is 10.2 Å². The van der Waals surface area contributed by atoms with Crippen LogP contribution in [0.5, 0.6) is 11.5 Å². The van der Waals surface area contributed by atoms with Gasteiger partial charge in [-0.15, -0.1) is 10.2 Å². The van der Waals surface area contributed by atoms with E-state index in [1.54, 1.807) is 62.8 Å².